The quantitative estimate of drug-likeness (QED) is 0.693. The molecule has 0 spiro atoms. The summed E-state index contributed by atoms with van der Waals surface area (Å²) in [7, 11) is 0. The van der Waals surface area contributed by atoms with Crippen LogP contribution in [0.5, 0.6) is 0 Å². The Bertz CT molecular complexity index is 209. The van der Waals surface area contributed by atoms with Gasteiger partial charge in [0.05, 0.1) is 18.6 Å². The summed E-state index contributed by atoms with van der Waals surface area (Å²) in [5.74, 6) is 0.0815. The van der Waals surface area contributed by atoms with Crippen LogP contribution in [0.2, 0.25) is 0 Å². The fourth-order valence-electron chi connectivity index (χ4n) is 2.24. The molecule has 2 unspecified atom stereocenters. The molecule has 0 aliphatic carbocycles. The first-order valence-corrected chi connectivity index (χ1v) is 5.86. The van der Waals surface area contributed by atoms with E-state index in [1.807, 2.05) is 4.90 Å². The van der Waals surface area contributed by atoms with Crippen molar-refractivity contribution in [2.75, 3.05) is 19.7 Å². The Morgan fingerprint density at radius 3 is 2.93 bits per heavy atom. The summed E-state index contributed by atoms with van der Waals surface area (Å²) in [5.41, 5.74) is 5.60. The molecule has 88 valence electrons. The van der Waals surface area contributed by atoms with Gasteiger partial charge in [0.25, 0.3) is 0 Å². The van der Waals surface area contributed by atoms with Gasteiger partial charge in [-0.2, -0.15) is 0 Å². The first-order chi connectivity index (χ1) is 7.24. The van der Waals surface area contributed by atoms with E-state index in [-0.39, 0.29) is 24.5 Å². The van der Waals surface area contributed by atoms with E-state index in [1.54, 1.807) is 0 Å². The number of nitrogens with two attached hydrogens (primary N) is 1. The summed E-state index contributed by atoms with van der Waals surface area (Å²) in [6.45, 7) is 3.34. The summed E-state index contributed by atoms with van der Waals surface area (Å²) in [6.07, 6.45) is 3.75. The molecule has 2 atom stereocenters. The average molecular weight is 214 g/mol. The molecule has 1 amide bonds. The second-order valence-corrected chi connectivity index (χ2v) is 4.23. The van der Waals surface area contributed by atoms with Crippen molar-refractivity contribution in [3.8, 4) is 0 Å². The molecule has 1 rings (SSSR count). The Balaban J connectivity index is 2.56. The summed E-state index contributed by atoms with van der Waals surface area (Å²) in [6, 6.07) is 0.0309. The highest BCUT2D eigenvalue weighted by Gasteiger charge is 2.31. The second-order valence-electron chi connectivity index (χ2n) is 4.23. The molecule has 15 heavy (non-hydrogen) atoms. The smallest absolute Gasteiger partial charge is 0.227 e. The van der Waals surface area contributed by atoms with E-state index >= 15 is 0 Å². The number of aliphatic hydroxyl groups is 1. The zero-order valence-corrected chi connectivity index (χ0v) is 9.48. The van der Waals surface area contributed by atoms with Crippen molar-refractivity contribution in [1.29, 1.82) is 0 Å². The van der Waals surface area contributed by atoms with Gasteiger partial charge < -0.3 is 15.7 Å². The number of carbonyl (C=O) groups excluding carboxylic acids is 1. The summed E-state index contributed by atoms with van der Waals surface area (Å²) in [5, 5.41) is 9.14. The van der Waals surface area contributed by atoms with Gasteiger partial charge in [0.1, 0.15) is 0 Å². The number of rotatable bonds is 5. The van der Waals surface area contributed by atoms with Gasteiger partial charge in [0.15, 0.2) is 0 Å². The molecule has 1 fully saturated rings. The van der Waals surface area contributed by atoms with Gasteiger partial charge in [-0.25, -0.2) is 0 Å². The molecule has 1 saturated heterocycles. The van der Waals surface area contributed by atoms with E-state index in [2.05, 4.69) is 6.92 Å². The molecular weight excluding hydrogens is 192 g/mol. The Hall–Kier alpha value is -0.610. The fourth-order valence-corrected chi connectivity index (χ4v) is 2.24. The van der Waals surface area contributed by atoms with E-state index in [0.717, 1.165) is 32.2 Å². The number of nitrogens with zero attached hydrogens (tertiary/aromatic N) is 1. The number of carbonyl (C=O) groups is 1. The monoisotopic (exact) mass is 214 g/mol. The molecule has 4 heteroatoms. The van der Waals surface area contributed by atoms with Crippen molar-refractivity contribution in [1.82, 2.24) is 4.90 Å². The second kappa shape index (κ2) is 6.08. The maximum Gasteiger partial charge on any atom is 0.227 e. The van der Waals surface area contributed by atoms with Gasteiger partial charge in [-0.05, 0) is 19.3 Å². The number of aliphatic hydroxyl groups excluding tert-OH is 1. The minimum atomic E-state index is -0.0536. The lowest BCUT2D eigenvalue weighted by atomic mass is 10.0. The summed E-state index contributed by atoms with van der Waals surface area (Å²) < 4.78 is 0. The third kappa shape index (κ3) is 2.92. The van der Waals surface area contributed by atoms with Crippen molar-refractivity contribution in [2.24, 2.45) is 11.7 Å². The van der Waals surface area contributed by atoms with E-state index in [1.165, 1.54) is 0 Å². The number of hydrogen-bond donors (Lipinski definition) is 2. The van der Waals surface area contributed by atoms with Crippen molar-refractivity contribution in [2.45, 2.75) is 38.6 Å². The molecule has 0 aromatic heterocycles. The minimum absolute atomic E-state index is 0.0309. The molecule has 0 bridgehead atoms. The standard InChI is InChI=1S/C11H22N2O2/c1-2-4-9(7-12)11(15)13-6-3-5-10(13)8-14/h9-10,14H,2-8,12H2,1H3. The van der Waals surface area contributed by atoms with Crippen LogP contribution in [0.4, 0.5) is 0 Å². The maximum atomic E-state index is 12.1. The molecule has 4 nitrogen and oxygen atoms in total. The van der Waals surface area contributed by atoms with Gasteiger partial charge in [-0.1, -0.05) is 13.3 Å². The normalized spacial score (nSPS) is 23.1. The molecule has 1 aliphatic heterocycles. The molecule has 1 heterocycles. The first kappa shape index (κ1) is 12.5. The van der Waals surface area contributed by atoms with E-state index in [0.29, 0.717) is 6.54 Å². The van der Waals surface area contributed by atoms with Crippen molar-refractivity contribution in [3.63, 3.8) is 0 Å². The lowest BCUT2D eigenvalue weighted by Gasteiger charge is -2.27. The summed E-state index contributed by atoms with van der Waals surface area (Å²) in [4.78, 5) is 13.9. The van der Waals surface area contributed by atoms with Crippen LogP contribution in [0.3, 0.4) is 0 Å². The van der Waals surface area contributed by atoms with Crippen LogP contribution >= 0.6 is 0 Å². The highest BCUT2D eigenvalue weighted by atomic mass is 16.3. The van der Waals surface area contributed by atoms with Crippen LogP contribution in [0.25, 0.3) is 0 Å². The Morgan fingerprint density at radius 2 is 2.40 bits per heavy atom. The first-order valence-electron chi connectivity index (χ1n) is 5.86. The van der Waals surface area contributed by atoms with Crippen LogP contribution in [0.1, 0.15) is 32.6 Å². The predicted octanol–water partition coefficient (Wildman–Crippen LogP) is 0.345. The molecular formula is C11H22N2O2. The maximum absolute atomic E-state index is 12.1. The van der Waals surface area contributed by atoms with E-state index < -0.39 is 0 Å². The zero-order valence-electron chi connectivity index (χ0n) is 9.48. The van der Waals surface area contributed by atoms with Crippen molar-refractivity contribution >= 4 is 5.91 Å². The largest absolute Gasteiger partial charge is 0.394 e. The van der Waals surface area contributed by atoms with Crippen LogP contribution in [0, 0.1) is 5.92 Å². The molecule has 0 saturated carbocycles. The van der Waals surface area contributed by atoms with Gasteiger partial charge >= 0.3 is 0 Å². The van der Waals surface area contributed by atoms with Gasteiger partial charge in [-0.3, -0.25) is 4.79 Å². The topological polar surface area (TPSA) is 66.6 Å². The SMILES string of the molecule is CCCC(CN)C(=O)N1CCCC1CO. The van der Waals surface area contributed by atoms with Gasteiger partial charge in [0.2, 0.25) is 5.91 Å². The van der Waals surface area contributed by atoms with Crippen molar-refractivity contribution in [3.05, 3.63) is 0 Å². The summed E-state index contributed by atoms with van der Waals surface area (Å²) >= 11 is 0. The molecule has 0 aromatic carbocycles. The molecule has 0 aromatic rings. The minimum Gasteiger partial charge on any atom is -0.394 e. The third-order valence-corrected chi connectivity index (χ3v) is 3.14. The number of amides is 1. The number of hydrogen-bond acceptors (Lipinski definition) is 3. The van der Waals surface area contributed by atoms with Crippen molar-refractivity contribution < 1.29 is 9.90 Å². The Kier molecular flexibility index (Phi) is 5.05. The molecule has 3 N–H and O–H groups in total. The van der Waals surface area contributed by atoms with Gasteiger partial charge in [0, 0.05) is 13.1 Å². The van der Waals surface area contributed by atoms with Crippen LogP contribution < -0.4 is 5.73 Å². The highest BCUT2D eigenvalue weighted by Crippen LogP contribution is 2.20. The Morgan fingerprint density at radius 1 is 1.67 bits per heavy atom. The third-order valence-electron chi connectivity index (χ3n) is 3.14. The number of likely N-dealkylation sites (tertiary alicyclic amines) is 1. The lowest BCUT2D eigenvalue weighted by molar-refractivity contribution is -0.137. The van der Waals surface area contributed by atoms with E-state index in [9.17, 15) is 4.79 Å². The molecule has 0 radical (unpaired) electrons. The van der Waals surface area contributed by atoms with Crippen LogP contribution in [-0.4, -0.2) is 41.7 Å². The zero-order chi connectivity index (χ0) is 11.3. The average Bonchev–Trinajstić information content (AvgIpc) is 2.72. The molecule has 1 aliphatic rings. The predicted molar refractivity (Wildman–Crippen MR) is 59.3 cm³/mol. The lowest BCUT2D eigenvalue weighted by Crippen LogP contribution is -2.43. The van der Waals surface area contributed by atoms with Crippen LogP contribution in [-0.2, 0) is 4.79 Å². The fraction of sp³-hybridized carbons (Fsp3) is 0.909. The highest BCUT2D eigenvalue weighted by molar-refractivity contribution is 5.79. The van der Waals surface area contributed by atoms with Gasteiger partial charge in [-0.15, -0.1) is 0 Å². The van der Waals surface area contributed by atoms with Crippen LogP contribution in [0.15, 0.2) is 0 Å². The Labute approximate surface area is 91.4 Å². The van der Waals surface area contributed by atoms with E-state index in [4.69, 9.17) is 10.8 Å².